The van der Waals surface area contributed by atoms with Crippen LogP contribution in [0, 0.1) is 0 Å². The first-order valence-electron chi connectivity index (χ1n) is 3.37. The number of anilines is 1. The zero-order valence-corrected chi connectivity index (χ0v) is 6.24. The van der Waals surface area contributed by atoms with Crippen molar-refractivity contribution in [1.29, 1.82) is 0 Å². The Hall–Kier alpha value is -1.45. The number of carbonyl (C=O) groups is 1. The van der Waals surface area contributed by atoms with E-state index < -0.39 is 0 Å². The third kappa shape index (κ3) is 2.33. The summed E-state index contributed by atoms with van der Waals surface area (Å²) in [4.78, 5) is 18.3. The smallest absolute Gasteiger partial charge is 0.224 e. The van der Waals surface area contributed by atoms with Crippen LogP contribution in [-0.2, 0) is 4.79 Å². The molecule has 0 unspecified atom stereocenters. The van der Waals surface area contributed by atoms with Crippen LogP contribution in [0.25, 0.3) is 0 Å². The molecule has 0 saturated carbocycles. The molecule has 0 bridgehead atoms. The predicted octanol–water partition coefficient (Wildman–Crippen LogP) is 0.825. The molecule has 4 heteroatoms. The molecule has 58 valence electrons. The fraction of sp³-hybridized carbons (Fsp3) is 0.286. The normalized spacial score (nSPS) is 9.18. The number of rotatable bonds is 2. The van der Waals surface area contributed by atoms with Crippen molar-refractivity contribution in [3.63, 3.8) is 0 Å². The first-order chi connectivity index (χ1) is 5.33. The maximum atomic E-state index is 10.8. The highest BCUT2D eigenvalue weighted by atomic mass is 16.1. The largest absolute Gasteiger partial charge is 0.323 e. The maximum absolute atomic E-state index is 10.8. The Morgan fingerprint density at radius 3 is 2.73 bits per heavy atom. The summed E-state index contributed by atoms with van der Waals surface area (Å²) in [5.74, 6) is -0.0280. The van der Waals surface area contributed by atoms with Crippen LogP contribution in [-0.4, -0.2) is 15.9 Å². The highest BCUT2D eigenvalue weighted by Crippen LogP contribution is 1.99. The lowest BCUT2D eigenvalue weighted by Gasteiger charge is -1.99. The van der Waals surface area contributed by atoms with Crippen LogP contribution in [0.3, 0.4) is 0 Å². The van der Waals surface area contributed by atoms with Gasteiger partial charge in [-0.3, -0.25) is 4.79 Å². The fourth-order valence-corrected chi connectivity index (χ4v) is 0.613. The van der Waals surface area contributed by atoms with Crippen molar-refractivity contribution in [3.05, 3.63) is 18.7 Å². The van der Waals surface area contributed by atoms with Gasteiger partial charge in [0, 0.05) is 6.42 Å². The summed E-state index contributed by atoms with van der Waals surface area (Å²) in [6.45, 7) is 1.79. The molecule has 1 N–H and O–H groups in total. The summed E-state index contributed by atoms with van der Waals surface area (Å²) in [5.41, 5.74) is 0.638. The average Bonchev–Trinajstić information content (AvgIpc) is 2.06. The molecule has 1 aromatic rings. The Balaban J connectivity index is 2.58. The van der Waals surface area contributed by atoms with Crippen LogP contribution in [0.4, 0.5) is 5.69 Å². The third-order valence-corrected chi connectivity index (χ3v) is 1.17. The molecule has 0 fully saturated rings. The van der Waals surface area contributed by atoms with Gasteiger partial charge in [-0.1, -0.05) is 6.92 Å². The van der Waals surface area contributed by atoms with E-state index in [4.69, 9.17) is 0 Å². The molecule has 0 aliphatic rings. The molecule has 0 saturated heterocycles. The van der Waals surface area contributed by atoms with Gasteiger partial charge in [0.1, 0.15) is 6.33 Å². The van der Waals surface area contributed by atoms with E-state index in [-0.39, 0.29) is 5.91 Å². The van der Waals surface area contributed by atoms with Crippen molar-refractivity contribution >= 4 is 11.6 Å². The fourth-order valence-electron chi connectivity index (χ4n) is 0.613. The van der Waals surface area contributed by atoms with Crippen LogP contribution < -0.4 is 5.32 Å². The Morgan fingerprint density at radius 2 is 2.18 bits per heavy atom. The van der Waals surface area contributed by atoms with Crippen molar-refractivity contribution in [2.45, 2.75) is 13.3 Å². The van der Waals surface area contributed by atoms with Gasteiger partial charge >= 0.3 is 0 Å². The van der Waals surface area contributed by atoms with Gasteiger partial charge < -0.3 is 5.32 Å². The second-order valence-electron chi connectivity index (χ2n) is 2.03. The number of carbonyl (C=O) groups excluding carboxylic acids is 1. The minimum Gasteiger partial charge on any atom is -0.323 e. The zero-order valence-electron chi connectivity index (χ0n) is 6.24. The summed E-state index contributed by atoms with van der Waals surface area (Å²) >= 11 is 0. The molecule has 1 amide bonds. The SMILES string of the molecule is CCC(=O)Nc1cncnc1. The molecule has 11 heavy (non-hydrogen) atoms. The number of hydrogen-bond acceptors (Lipinski definition) is 3. The van der Waals surface area contributed by atoms with Crippen LogP contribution >= 0.6 is 0 Å². The lowest BCUT2D eigenvalue weighted by Crippen LogP contribution is -2.09. The van der Waals surface area contributed by atoms with Crippen molar-refractivity contribution in [3.8, 4) is 0 Å². The number of amides is 1. The first-order valence-corrected chi connectivity index (χ1v) is 3.37. The molecular formula is C7H9N3O. The van der Waals surface area contributed by atoms with E-state index in [1.54, 1.807) is 19.3 Å². The van der Waals surface area contributed by atoms with Crippen LogP contribution in [0.2, 0.25) is 0 Å². The molecule has 1 rings (SSSR count). The Labute approximate surface area is 64.7 Å². The second-order valence-corrected chi connectivity index (χ2v) is 2.03. The topological polar surface area (TPSA) is 54.9 Å². The molecule has 0 aliphatic carbocycles. The number of hydrogen-bond donors (Lipinski definition) is 1. The molecule has 1 aromatic heterocycles. The van der Waals surface area contributed by atoms with Gasteiger partial charge in [0.25, 0.3) is 0 Å². The molecule has 0 radical (unpaired) electrons. The summed E-state index contributed by atoms with van der Waals surface area (Å²) in [6, 6.07) is 0. The van der Waals surface area contributed by atoms with Gasteiger partial charge in [0.15, 0.2) is 0 Å². The molecule has 0 spiro atoms. The average molecular weight is 151 g/mol. The summed E-state index contributed by atoms with van der Waals surface area (Å²) in [7, 11) is 0. The molecule has 1 heterocycles. The van der Waals surface area contributed by atoms with E-state index in [2.05, 4.69) is 15.3 Å². The van der Waals surface area contributed by atoms with Crippen LogP contribution in [0.5, 0.6) is 0 Å². The van der Waals surface area contributed by atoms with Gasteiger partial charge in [-0.05, 0) is 0 Å². The monoisotopic (exact) mass is 151 g/mol. The van der Waals surface area contributed by atoms with E-state index in [1.165, 1.54) is 6.33 Å². The van der Waals surface area contributed by atoms with Gasteiger partial charge in [-0.25, -0.2) is 9.97 Å². The van der Waals surface area contributed by atoms with E-state index in [0.717, 1.165) is 0 Å². The second kappa shape index (κ2) is 3.65. The molecular weight excluding hydrogens is 142 g/mol. The minimum atomic E-state index is -0.0280. The highest BCUT2D eigenvalue weighted by Gasteiger charge is 1.96. The number of aromatic nitrogens is 2. The van der Waals surface area contributed by atoms with Gasteiger partial charge in [0.05, 0.1) is 18.1 Å². The summed E-state index contributed by atoms with van der Waals surface area (Å²) < 4.78 is 0. The summed E-state index contributed by atoms with van der Waals surface area (Å²) in [5, 5.41) is 2.63. The van der Waals surface area contributed by atoms with Gasteiger partial charge in [0.2, 0.25) is 5.91 Å². The third-order valence-electron chi connectivity index (χ3n) is 1.17. The molecule has 0 atom stereocenters. The first kappa shape index (κ1) is 7.65. The van der Waals surface area contributed by atoms with E-state index >= 15 is 0 Å². The summed E-state index contributed by atoms with van der Waals surface area (Å²) in [6.07, 6.45) is 5.00. The molecule has 4 nitrogen and oxygen atoms in total. The zero-order chi connectivity index (χ0) is 8.10. The van der Waals surface area contributed by atoms with Crippen molar-refractivity contribution < 1.29 is 4.79 Å². The molecule has 0 aliphatic heterocycles. The standard InChI is InChI=1S/C7H9N3O/c1-2-7(11)10-6-3-8-5-9-4-6/h3-5H,2H2,1H3,(H,10,11). The maximum Gasteiger partial charge on any atom is 0.224 e. The lowest BCUT2D eigenvalue weighted by atomic mass is 10.4. The molecule has 0 aromatic carbocycles. The van der Waals surface area contributed by atoms with Crippen LogP contribution in [0.15, 0.2) is 18.7 Å². The van der Waals surface area contributed by atoms with E-state index in [1.807, 2.05) is 0 Å². The van der Waals surface area contributed by atoms with E-state index in [9.17, 15) is 4.79 Å². The minimum absolute atomic E-state index is 0.0280. The Kier molecular flexibility index (Phi) is 2.54. The highest BCUT2D eigenvalue weighted by molar-refractivity contribution is 5.89. The van der Waals surface area contributed by atoms with Gasteiger partial charge in [-0.2, -0.15) is 0 Å². The quantitative estimate of drug-likeness (QED) is 0.681. The van der Waals surface area contributed by atoms with Gasteiger partial charge in [-0.15, -0.1) is 0 Å². The van der Waals surface area contributed by atoms with Crippen LogP contribution in [0.1, 0.15) is 13.3 Å². The van der Waals surface area contributed by atoms with Crippen molar-refractivity contribution in [2.75, 3.05) is 5.32 Å². The predicted molar refractivity (Wildman–Crippen MR) is 41.0 cm³/mol. The van der Waals surface area contributed by atoms with Crippen molar-refractivity contribution in [2.24, 2.45) is 0 Å². The number of nitrogens with zero attached hydrogens (tertiary/aromatic N) is 2. The van der Waals surface area contributed by atoms with Crippen molar-refractivity contribution in [1.82, 2.24) is 9.97 Å². The Bertz CT molecular complexity index is 235. The Morgan fingerprint density at radius 1 is 1.55 bits per heavy atom. The lowest BCUT2D eigenvalue weighted by molar-refractivity contribution is -0.115. The van der Waals surface area contributed by atoms with E-state index in [0.29, 0.717) is 12.1 Å². The number of nitrogens with one attached hydrogen (secondary N) is 1.